The molecule has 0 aliphatic heterocycles. The third-order valence-corrected chi connectivity index (χ3v) is 4.29. The minimum absolute atomic E-state index is 0.0217. The van der Waals surface area contributed by atoms with Crippen molar-refractivity contribution in [3.05, 3.63) is 63.8 Å². The van der Waals surface area contributed by atoms with E-state index in [9.17, 15) is 25.1 Å². The predicted octanol–water partition coefficient (Wildman–Crippen LogP) is 3.42. The summed E-state index contributed by atoms with van der Waals surface area (Å²) in [4.78, 5) is 22.1. The van der Waals surface area contributed by atoms with Gasteiger partial charge in [0.15, 0.2) is 5.75 Å². The lowest BCUT2D eigenvalue weighted by atomic mass is 10.0. The molecule has 0 bridgehead atoms. The van der Waals surface area contributed by atoms with Crippen molar-refractivity contribution >= 4 is 11.7 Å². The Morgan fingerprint density at radius 1 is 1.25 bits per heavy atom. The molecule has 0 spiro atoms. The second kappa shape index (κ2) is 7.39. The third-order valence-electron chi connectivity index (χ3n) is 4.29. The number of phenolic OH excluding ortho intramolecular Hbond substituents is 1. The lowest BCUT2D eigenvalue weighted by Crippen LogP contribution is -2.05. The highest BCUT2D eigenvalue weighted by Crippen LogP contribution is 2.34. The van der Waals surface area contributed by atoms with Crippen LogP contribution in [0.3, 0.4) is 0 Å². The second-order valence-electron chi connectivity index (χ2n) is 5.90. The molecule has 0 saturated heterocycles. The van der Waals surface area contributed by atoms with E-state index in [1.54, 1.807) is 38.3 Å². The fourth-order valence-electron chi connectivity index (χ4n) is 2.97. The molecule has 0 aliphatic rings. The molecule has 3 rings (SSSR count). The Morgan fingerprint density at radius 3 is 2.43 bits per heavy atom. The van der Waals surface area contributed by atoms with E-state index >= 15 is 0 Å². The highest BCUT2D eigenvalue weighted by Gasteiger charge is 2.25. The highest BCUT2D eigenvalue weighted by molar-refractivity contribution is 5.96. The Balaban J connectivity index is 2.21. The molecule has 0 atom stereocenters. The van der Waals surface area contributed by atoms with Crippen LogP contribution in [0.5, 0.6) is 11.5 Å². The molecule has 3 aromatic rings. The second-order valence-corrected chi connectivity index (χ2v) is 5.90. The molecule has 9 nitrogen and oxygen atoms in total. The van der Waals surface area contributed by atoms with Crippen LogP contribution in [0.25, 0.3) is 16.9 Å². The lowest BCUT2D eigenvalue weighted by molar-refractivity contribution is -0.385. The maximum atomic E-state index is 11.9. The largest absolute Gasteiger partial charge is 0.502 e. The maximum Gasteiger partial charge on any atom is 0.339 e. The van der Waals surface area contributed by atoms with Gasteiger partial charge in [-0.1, -0.05) is 6.92 Å². The minimum Gasteiger partial charge on any atom is -0.502 e. The number of hydrogen-bond acceptors (Lipinski definition) is 6. The van der Waals surface area contributed by atoms with E-state index in [1.807, 2.05) is 0 Å². The lowest BCUT2D eigenvalue weighted by Gasteiger charge is -2.07. The third kappa shape index (κ3) is 3.25. The van der Waals surface area contributed by atoms with Gasteiger partial charge in [0.1, 0.15) is 17.0 Å². The number of carboxylic acids is 1. The zero-order valence-electron chi connectivity index (χ0n) is 15.1. The van der Waals surface area contributed by atoms with Crippen LogP contribution >= 0.6 is 0 Å². The van der Waals surface area contributed by atoms with Crippen LogP contribution in [0.1, 0.15) is 23.0 Å². The van der Waals surface area contributed by atoms with Crippen LogP contribution in [0.2, 0.25) is 0 Å². The number of methoxy groups -OCH3 is 1. The van der Waals surface area contributed by atoms with Crippen molar-refractivity contribution in [1.82, 2.24) is 9.78 Å². The van der Waals surface area contributed by atoms with Crippen molar-refractivity contribution in [2.45, 2.75) is 13.3 Å². The Labute approximate surface area is 159 Å². The summed E-state index contributed by atoms with van der Waals surface area (Å²) in [7, 11) is 1.54. The maximum absolute atomic E-state index is 11.9. The summed E-state index contributed by atoms with van der Waals surface area (Å²) < 4.78 is 6.65. The molecule has 9 heteroatoms. The van der Waals surface area contributed by atoms with Crippen LogP contribution < -0.4 is 4.74 Å². The summed E-state index contributed by atoms with van der Waals surface area (Å²) in [5.41, 5.74) is 0.994. The van der Waals surface area contributed by atoms with E-state index in [-0.39, 0.29) is 16.8 Å². The summed E-state index contributed by atoms with van der Waals surface area (Å²) in [5, 5.41) is 35.0. The molecule has 0 saturated carbocycles. The summed E-state index contributed by atoms with van der Waals surface area (Å²) in [6, 6.07) is 10.6. The first-order valence-electron chi connectivity index (χ1n) is 8.34. The highest BCUT2D eigenvalue weighted by atomic mass is 16.6. The SMILES string of the molecule is CCc1c(C(=O)O)c(-c2ccc([N+](=O)[O-])c(O)c2)nn1-c1ccc(OC)cc1. The van der Waals surface area contributed by atoms with Crippen molar-refractivity contribution in [3.8, 4) is 28.4 Å². The normalized spacial score (nSPS) is 10.6. The molecule has 0 unspecified atom stereocenters. The molecule has 144 valence electrons. The molecule has 2 aromatic carbocycles. The van der Waals surface area contributed by atoms with Crippen molar-refractivity contribution < 1.29 is 24.7 Å². The van der Waals surface area contributed by atoms with Crippen LogP contribution in [-0.2, 0) is 6.42 Å². The number of aromatic hydroxyl groups is 1. The van der Waals surface area contributed by atoms with Crippen LogP contribution in [-0.4, -0.2) is 38.0 Å². The van der Waals surface area contributed by atoms with Gasteiger partial charge in [-0.3, -0.25) is 10.1 Å². The Morgan fingerprint density at radius 2 is 1.93 bits per heavy atom. The Hall–Kier alpha value is -3.88. The van der Waals surface area contributed by atoms with Gasteiger partial charge in [0, 0.05) is 11.6 Å². The van der Waals surface area contributed by atoms with E-state index in [4.69, 9.17) is 4.74 Å². The van der Waals surface area contributed by atoms with Gasteiger partial charge in [-0.25, -0.2) is 9.48 Å². The number of carbonyl (C=O) groups is 1. The zero-order valence-corrected chi connectivity index (χ0v) is 15.1. The summed E-state index contributed by atoms with van der Waals surface area (Å²) in [6.07, 6.45) is 0.389. The summed E-state index contributed by atoms with van der Waals surface area (Å²) in [5.74, 6) is -1.09. The number of nitrogens with zero attached hydrogens (tertiary/aromatic N) is 3. The number of ether oxygens (including phenoxy) is 1. The zero-order chi connectivity index (χ0) is 20.4. The van der Waals surface area contributed by atoms with E-state index in [1.165, 1.54) is 10.7 Å². The van der Waals surface area contributed by atoms with Gasteiger partial charge >= 0.3 is 11.7 Å². The molecular formula is C19H17N3O6. The van der Waals surface area contributed by atoms with E-state index in [0.29, 0.717) is 23.6 Å². The Bertz CT molecular complexity index is 1060. The quantitative estimate of drug-likeness (QED) is 0.493. The fourth-order valence-corrected chi connectivity index (χ4v) is 2.97. The predicted molar refractivity (Wildman–Crippen MR) is 100 cm³/mol. The first-order valence-corrected chi connectivity index (χ1v) is 8.34. The van der Waals surface area contributed by atoms with E-state index < -0.39 is 22.3 Å². The van der Waals surface area contributed by atoms with Crippen LogP contribution in [0, 0.1) is 10.1 Å². The van der Waals surface area contributed by atoms with Crippen molar-refractivity contribution in [2.24, 2.45) is 0 Å². The molecule has 0 aliphatic carbocycles. The Kier molecular flexibility index (Phi) is 4.99. The van der Waals surface area contributed by atoms with Crippen LogP contribution in [0.15, 0.2) is 42.5 Å². The van der Waals surface area contributed by atoms with Gasteiger partial charge < -0.3 is 14.9 Å². The van der Waals surface area contributed by atoms with Gasteiger partial charge in [-0.2, -0.15) is 5.10 Å². The number of aromatic nitrogens is 2. The first kappa shape index (κ1) is 18.9. The monoisotopic (exact) mass is 383 g/mol. The molecular weight excluding hydrogens is 366 g/mol. The number of phenols is 1. The summed E-state index contributed by atoms with van der Waals surface area (Å²) >= 11 is 0. The van der Waals surface area contributed by atoms with Gasteiger partial charge in [0.25, 0.3) is 0 Å². The van der Waals surface area contributed by atoms with Crippen LogP contribution in [0.4, 0.5) is 5.69 Å². The van der Waals surface area contributed by atoms with Gasteiger partial charge in [0.2, 0.25) is 0 Å². The molecule has 28 heavy (non-hydrogen) atoms. The first-order chi connectivity index (χ1) is 13.4. The average molecular weight is 383 g/mol. The fraction of sp³-hybridized carbons (Fsp3) is 0.158. The summed E-state index contributed by atoms with van der Waals surface area (Å²) in [6.45, 7) is 1.81. The van der Waals surface area contributed by atoms with Crippen molar-refractivity contribution in [1.29, 1.82) is 0 Å². The van der Waals surface area contributed by atoms with Gasteiger partial charge in [-0.05, 0) is 42.8 Å². The number of carboxylic acid groups (broad SMARTS) is 1. The topological polar surface area (TPSA) is 128 Å². The van der Waals surface area contributed by atoms with Crippen molar-refractivity contribution in [3.63, 3.8) is 0 Å². The molecule has 0 fully saturated rings. The molecule has 1 heterocycles. The number of rotatable bonds is 6. The van der Waals surface area contributed by atoms with E-state index in [2.05, 4.69) is 5.10 Å². The number of hydrogen-bond donors (Lipinski definition) is 2. The average Bonchev–Trinajstić information content (AvgIpc) is 3.07. The number of nitro groups is 1. The van der Waals surface area contributed by atoms with Gasteiger partial charge in [0.05, 0.1) is 23.4 Å². The standard InChI is InChI=1S/C19H17N3O6/c1-3-14-17(19(24)25)18(11-4-9-15(22(26)27)16(23)10-11)20-21(14)12-5-7-13(28-2)8-6-12/h4-10,23H,3H2,1-2H3,(H,24,25). The molecule has 2 N–H and O–H groups in total. The smallest absolute Gasteiger partial charge is 0.339 e. The molecule has 0 radical (unpaired) electrons. The number of nitro benzene ring substituents is 1. The van der Waals surface area contributed by atoms with Crippen molar-refractivity contribution in [2.75, 3.05) is 7.11 Å². The number of benzene rings is 2. The molecule has 1 aromatic heterocycles. The number of aromatic carboxylic acids is 1. The van der Waals surface area contributed by atoms with Gasteiger partial charge in [-0.15, -0.1) is 0 Å². The van der Waals surface area contributed by atoms with E-state index in [0.717, 1.165) is 12.1 Å². The molecule has 0 amide bonds. The minimum atomic E-state index is -1.18.